The molecule has 1 aromatic carbocycles. The Bertz CT molecular complexity index is 556. The third-order valence-corrected chi connectivity index (χ3v) is 3.36. The summed E-state index contributed by atoms with van der Waals surface area (Å²) < 4.78 is 1.85. The van der Waals surface area contributed by atoms with Gasteiger partial charge in [0.15, 0.2) is 5.82 Å². The maximum atomic E-state index is 6.03. The van der Waals surface area contributed by atoms with E-state index < -0.39 is 0 Å². The van der Waals surface area contributed by atoms with E-state index in [1.807, 2.05) is 29.8 Å². The number of rotatable bonds is 3. The molecule has 96 valence electrons. The summed E-state index contributed by atoms with van der Waals surface area (Å²) in [4.78, 5) is 0. The van der Waals surface area contributed by atoms with E-state index in [1.54, 1.807) is 0 Å². The summed E-state index contributed by atoms with van der Waals surface area (Å²) in [5.41, 5.74) is 8.63. The second-order valence-corrected chi connectivity index (χ2v) is 5.17. The van der Waals surface area contributed by atoms with Crippen LogP contribution in [0, 0.1) is 6.92 Å². The molecule has 0 aliphatic heterocycles. The highest BCUT2D eigenvalue weighted by Crippen LogP contribution is 2.29. The SMILES string of the molecule is CCC(C)(C)n1nnnc1-c1cc(C)ccc1N. The quantitative estimate of drug-likeness (QED) is 0.843. The zero-order valence-corrected chi connectivity index (χ0v) is 11.3. The number of hydrogen-bond acceptors (Lipinski definition) is 4. The molecular formula is C13H19N5. The highest BCUT2D eigenvalue weighted by Gasteiger charge is 2.24. The van der Waals surface area contributed by atoms with Crippen LogP contribution < -0.4 is 5.73 Å². The predicted molar refractivity (Wildman–Crippen MR) is 72.0 cm³/mol. The van der Waals surface area contributed by atoms with Crippen LogP contribution in [-0.4, -0.2) is 20.2 Å². The Morgan fingerprint density at radius 1 is 1.33 bits per heavy atom. The highest BCUT2D eigenvalue weighted by atomic mass is 15.6. The van der Waals surface area contributed by atoms with Gasteiger partial charge in [0, 0.05) is 11.3 Å². The van der Waals surface area contributed by atoms with E-state index in [2.05, 4.69) is 36.3 Å². The van der Waals surface area contributed by atoms with Crippen LogP contribution in [-0.2, 0) is 5.54 Å². The third kappa shape index (κ3) is 2.08. The summed E-state index contributed by atoms with van der Waals surface area (Å²) in [6.45, 7) is 8.37. The second-order valence-electron chi connectivity index (χ2n) is 5.17. The van der Waals surface area contributed by atoms with Crippen molar-refractivity contribution in [2.75, 3.05) is 5.73 Å². The fraction of sp³-hybridized carbons (Fsp3) is 0.462. The standard InChI is InChI=1S/C13H19N5/c1-5-13(3,4)18-12(15-16-17-18)10-8-9(2)6-7-11(10)14/h6-8H,5,14H2,1-4H3. The molecule has 0 saturated heterocycles. The monoisotopic (exact) mass is 245 g/mol. The first-order chi connectivity index (χ1) is 8.45. The number of anilines is 1. The van der Waals surface area contributed by atoms with Crippen molar-refractivity contribution in [3.63, 3.8) is 0 Å². The lowest BCUT2D eigenvalue weighted by Crippen LogP contribution is -2.27. The zero-order chi connectivity index (χ0) is 13.3. The van der Waals surface area contributed by atoms with Crippen molar-refractivity contribution < 1.29 is 0 Å². The van der Waals surface area contributed by atoms with Gasteiger partial charge in [0.25, 0.3) is 0 Å². The van der Waals surface area contributed by atoms with Gasteiger partial charge in [0.2, 0.25) is 0 Å². The molecular weight excluding hydrogens is 226 g/mol. The molecule has 2 aromatic rings. The molecule has 0 saturated carbocycles. The number of aryl methyl sites for hydroxylation is 1. The molecule has 0 fully saturated rings. The average molecular weight is 245 g/mol. The van der Waals surface area contributed by atoms with Gasteiger partial charge in [-0.15, -0.1) is 5.10 Å². The lowest BCUT2D eigenvalue weighted by molar-refractivity contribution is 0.305. The fourth-order valence-corrected chi connectivity index (χ4v) is 1.78. The van der Waals surface area contributed by atoms with Crippen LogP contribution in [0.4, 0.5) is 5.69 Å². The Labute approximate surface area is 107 Å². The first kappa shape index (κ1) is 12.5. The molecule has 0 aliphatic rings. The van der Waals surface area contributed by atoms with E-state index in [9.17, 15) is 0 Å². The second kappa shape index (κ2) is 4.40. The molecule has 18 heavy (non-hydrogen) atoms. The van der Waals surface area contributed by atoms with E-state index in [0.717, 1.165) is 23.4 Å². The maximum Gasteiger partial charge on any atom is 0.184 e. The molecule has 0 atom stereocenters. The first-order valence-corrected chi connectivity index (χ1v) is 6.11. The third-order valence-electron chi connectivity index (χ3n) is 3.36. The minimum Gasteiger partial charge on any atom is -0.398 e. The maximum absolute atomic E-state index is 6.03. The molecule has 0 aliphatic carbocycles. The van der Waals surface area contributed by atoms with E-state index in [4.69, 9.17) is 5.73 Å². The largest absolute Gasteiger partial charge is 0.398 e. The molecule has 0 amide bonds. The van der Waals surface area contributed by atoms with Crippen molar-refractivity contribution in [2.24, 2.45) is 0 Å². The minimum atomic E-state index is -0.130. The lowest BCUT2D eigenvalue weighted by atomic mass is 10.0. The average Bonchev–Trinajstić information content (AvgIpc) is 2.82. The molecule has 5 nitrogen and oxygen atoms in total. The van der Waals surface area contributed by atoms with Crippen molar-refractivity contribution in [1.29, 1.82) is 0 Å². The molecule has 5 heteroatoms. The molecule has 0 spiro atoms. The summed E-state index contributed by atoms with van der Waals surface area (Å²) in [6.07, 6.45) is 0.941. The van der Waals surface area contributed by atoms with Gasteiger partial charge in [-0.2, -0.15) is 0 Å². The van der Waals surface area contributed by atoms with Crippen LogP contribution in [0.3, 0.4) is 0 Å². The van der Waals surface area contributed by atoms with Crippen LogP contribution in [0.5, 0.6) is 0 Å². The number of nitrogen functional groups attached to an aromatic ring is 1. The van der Waals surface area contributed by atoms with Crippen molar-refractivity contribution in [3.05, 3.63) is 23.8 Å². The Balaban J connectivity index is 2.59. The van der Waals surface area contributed by atoms with Gasteiger partial charge in [-0.1, -0.05) is 18.6 Å². The number of tetrazole rings is 1. The molecule has 0 unspecified atom stereocenters. The minimum absolute atomic E-state index is 0.130. The Kier molecular flexibility index (Phi) is 3.07. The van der Waals surface area contributed by atoms with E-state index in [0.29, 0.717) is 5.69 Å². The van der Waals surface area contributed by atoms with Crippen molar-refractivity contribution in [2.45, 2.75) is 39.7 Å². The molecule has 0 bridgehead atoms. The van der Waals surface area contributed by atoms with Gasteiger partial charge in [0.1, 0.15) is 0 Å². The number of nitrogens with two attached hydrogens (primary N) is 1. The number of hydrogen-bond donors (Lipinski definition) is 1. The van der Waals surface area contributed by atoms with Gasteiger partial charge in [0.05, 0.1) is 5.54 Å². The molecule has 1 aromatic heterocycles. The van der Waals surface area contributed by atoms with E-state index in [1.165, 1.54) is 0 Å². The van der Waals surface area contributed by atoms with Gasteiger partial charge in [-0.3, -0.25) is 0 Å². The topological polar surface area (TPSA) is 69.6 Å². The summed E-state index contributed by atoms with van der Waals surface area (Å²) in [5.74, 6) is 0.725. The lowest BCUT2D eigenvalue weighted by Gasteiger charge is -2.24. The Morgan fingerprint density at radius 3 is 2.72 bits per heavy atom. The van der Waals surface area contributed by atoms with Gasteiger partial charge < -0.3 is 5.73 Å². The summed E-state index contributed by atoms with van der Waals surface area (Å²) in [5, 5.41) is 12.0. The fourth-order valence-electron chi connectivity index (χ4n) is 1.78. The normalized spacial score (nSPS) is 11.8. The van der Waals surface area contributed by atoms with E-state index >= 15 is 0 Å². The zero-order valence-electron chi connectivity index (χ0n) is 11.3. The van der Waals surface area contributed by atoms with Gasteiger partial charge >= 0.3 is 0 Å². The molecule has 2 N–H and O–H groups in total. The van der Waals surface area contributed by atoms with Crippen molar-refractivity contribution in [1.82, 2.24) is 20.2 Å². The smallest absolute Gasteiger partial charge is 0.184 e. The van der Waals surface area contributed by atoms with Crippen LogP contribution in [0.2, 0.25) is 0 Å². The van der Waals surface area contributed by atoms with Crippen LogP contribution in [0.25, 0.3) is 11.4 Å². The van der Waals surface area contributed by atoms with Crippen LogP contribution in [0.15, 0.2) is 18.2 Å². The molecule has 2 rings (SSSR count). The predicted octanol–water partition coefficient (Wildman–Crippen LogP) is 2.38. The number of benzene rings is 1. The summed E-state index contributed by atoms with van der Waals surface area (Å²) >= 11 is 0. The number of aromatic nitrogens is 4. The Hall–Kier alpha value is -1.91. The first-order valence-electron chi connectivity index (χ1n) is 6.11. The Morgan fingerprint density at radius 2 is 2.06 bits per heavy atom. The van der Waals surface area contributed by atoms with Gasteiger partial charge in [-0.05, 0) is 49.8 Å². The molecule has 0 radical (unpaired) electrons. The highest BCUT2D eigenvalue weighted by molar-refractivity contribution is 5.72. The molecule has 1 heterocycles. The van der Waals surface area contributed by atoms with Crippen molar-refractivity contribution in [3.8, 4) is 11.4 Å². The number of nitrogens with zero attached hydrogens (tertiary/aromatic N) is 4. The van der Waals surface area contributed by atoms with Gasteiger partial charge in [-0.25, -0.2) is 4.68 Å². The van der Waals surface area contributed by atoms with Crippen LogP contribution >= 0.6 is 0 Å². The van der Waals surface area contributed by atoms with E-state index in [-0.39, 0.29) is 5.54 Å². The van der Waals surface area contributed by atoms with Crippen LogP contribution in [0.1, 0.15) is 32.8 Å². The summed E-state index contributed by atoms with van der Waals surface area (Å²) in [6, 6.07) is 5.89. The summed E-state index contributed by atoms with van der Waals surface area (Å²) in [7, 11) is 0. The van der Waals surface area contributed by atoms with Crippen molar-refractivity contribution >= 4 is 5.69 Å².